The van der Waals surface area contributed by atoms with Gasteiger partial charge in [0.2, 0.25) is 0 Å². The third-order valence-electron chi connectivity index (χ3n) is 2.81. The first kappa shape index (κ1) is 15.7. The standard InChI is InChI=1S/C13H11F3N4O2/c1-20-10(21)5-4-9(19-20)12(22)18-11(13(14,15)16)8-3-2-6-17-7-8/h2-7,11H,1H3,(H,18,22)/t11-/m1/s1. The summed E-state index contributed by atoms with van der Waals surface area (Å²) in [5, 5.41) is 5.46. The van der Waals surface area contributed by atoms with Crippen molar-refractivity contribution in [1.29, 1.82) is 0 Å². The van der Waals surface area contributed by atoms with E-state index >= 15 is 0 Å². The summed E-state index contributed by atoms with van der Waals surface area (Å²) in [6.07, 6.45) is -2.35. The van der Waals surface area contributed by atoms with Crippen molar-refractivity contribution in [2.75, 3.05) is 0 Å². The fraction of sp³-hybridized carbons (Fsp3) is 0.231. The topological polar surface area (TPSA) is 76.9 Å². The highest BCUT2D eigenvalue weighted by molar-refractivity contribution is 5.92. The van der Waals surface area contributed by atoms with Crippen LogP contribution in [0.3, 0.4) is 0 Å². The molecule has 0 fully saturated rings. The molecule has 0 aliphatic carbocycles. The molecular weight excluding hydrogens is 301 g/mol. The Balaban J connectivity index is 2.29. The summed E-state index contributed by atoms with van der Waals surface area (Å²) in [6, 6.07) is 2.44. The first-order valence-electron chi connectivity index (χ1n) is 6.11. The number of nitrogens with zero attached hydrogens (tertiary/aromatic N) is 3. The summed E-state index contributed by atoms with van der Waals surface area (Å²) in [5.41, 5.74) is -0.968. The Hall–Kier alpha value is -2.71. The van der Waals surface area contributed by atoms with Gasteiger partial charge in [-0.3, -0.25) is 14.6 Å². The van der Waals surface area contributed by atoms with Crippen LogP contribution in [0, 0.1) is 0 Å². The quantitative estimate of drug-likeness (QED) is 0.924. The predicted octanol–water partition coefficient (Wildman–Crippen LogP) is 1.21. The zero-order chi connectivity index (χ0) is 16.3. The van der Waals surface area contributed by atoms with Gasteiger partial charge in [0.05, 0.1) is 0 Å². The number of carbonyl (C=O) groups is 1. The van der Waals surface area contributed by atoms with Crippen LogP contribution in [0.1, 0.15) is 22.1 Å². The van der Waals surface area contributed by atoms with E-state index in [0.717, 1.165) is 23.0 Å². The molecular formula is C13H11F3N4O2. The lowest BCUT2D eigenvalue weighted by molar-refractivity contribution is -0.155. The number of aryl methyl sites for hydroxylation is 1. The fourth-order valence-electron chi connectivity index (χ4n) is 1.73. The Morgan fingerprint density at radius 2 is 2.05 bits per heavy atom. The van der Waals surface area contributed by atoms with Gasteiger partial charge in [0.15, 0.2) is 6.04 Å². The molecule has 0 saturated carbocycles. The highest BCUT2D eigenvalue weighted by Crippen LogP contribution is 2.32. The number of nitrogens with one attached hydrogen (secondary N) is 1. The van der Waals surface area contributed by atoms with Crippen molar-refractivity contribution < 1.29 is 18.0 Å². The first-order chi connectivity index (χ1) is 10.3. The van der Waals surface area contributed by atoms with Gasteiger partial charge < -0.3 is 5.32 Å². The molecule has 1 atom stereocenters. The zero-order valence-corrected chi connectivity index (χ0v) is 11.3. The van der Waals surface area contributed by atoms with E-state index in [4.69, 9.17) is 0 Å². The van der Waals surface area contributed by atoms with Gasteiger partial charge in [-0.25, -0.2) is 4.68 Å². The van der Waals surface area contributed by atoms with E-state index in [1.54, 1.807) is 0 Å². The normalized spacial score (nSPS) is 12.7. The molecule has 0 radical (unpaired) electrons. The minimum atomic E-state index is -4.70. The van der Waals surface area contributed by atoms with Gasteiger partial charge in [0, 0.05) is 31.1 Å². The number of pyridine rings is 1. The van der Waals surface area contributed by atoms with Gasteiger partial charge in [-0.2, -0.15) is 18.3 Å². The second-order valence-electron chi connectivity index (χ2n) is 4.41. The molecule has 0 aliphatic rings. The number of amides is 1. The van der Waals surface area contributed by atoms with Crippen molar-refractivity contribution in [1.82, 2.24) is 20.1 Å². The molecule has 2 aromatic rings. The fourth-order valence-corrected chi connectivity index (χ4v) is 1.73. The minimum Gasteiger partial charge on any atom is -0.335 e. The van der Waals surface area contributed by atoms with Crippen molar-refractivity contribution in [3.8, 4) is 0 Å². The van der Waals surface area contributed by atoms with E-state index in [2.05, 4.69) is 10.1 Å². The van der Waals surface area contributed by atoms with E-state index in [1.165, 1.54) is 25.4 Å². The molecule has 116 valence electrons. The zero-order valence-electron chi connectivity index (χ0n) is 11.3. The van der Waals surface area contributed by atoms with Gasteiger partial charge in [-0.1, -0.05) is 6.07 Å². The van der Waals surface area contributed by atoms with E-state index in [-0.39, 0.29) is 11.3 Å². The Labute approximate surface area is 122 Å². The van der Waals surface area contributed by atoms with Crippen LogP contribution in [0.5, 0.6) is 0 Å². The monoisotopic (exact) mass is 312 g/mol. The maximum absolute atomic E-state index is 13.1. The van der Waals surface area contributed by atoms with Crippen LogP contribution in [-0.2, 0) is 7.05 Å². The summed E-state index contributed by atoms with van der Waals surface area (Å²) in [7, 11) is 1.29. The van der Waals surface area contributed by atoms with Gasteiger partial charge >= 0.3 is 6.18 Å². The number of hydrogen-bond acceptors (Lipinski definition) is 4. The Morgan fingerprint density at radius 1 is 1.32 bits per heavy atom. The van der Waals surface area contributed by atoms with Gasteiger partial charge in [0.1, 0.15) is 5.69 Å². The van der Waals surface area contributed by atoms with Gasteiger partial charge in [-0.05, 0) is 12.1 Å². The SMILES string of the molecule is Cn1nc(C(=O)N[C@H](c2cccnc2)C(F)(F)F)ccc1=O. The van der Waals surface area contributed by atoms with Crippen LogP contribution in [0.25, 0.3) is 0 Å². The van der Waals surface area contributed by atoms with Crippen molar-refractivity contribution in [3.05, 3.63) is 58.3 Å². The largest absolute Gasteiger partial charge is 0.412 e. The number of aromatic nitrogens is 3. The number of alkyl halides is 3. The van der Waals surface area contributed by atoms with Crippen LogP contribution in [-0.4, -0.2) is 26.8 Å². The maximum Gasteiger partial charge on any atom is 0.412 e. The smallest absolute Gasteiger partial charge is 0.335 e. The molecule has 2 aromatic heterocycles. The maximum atomic E-state index is 13.1. The summed E-state index contributed by atoms with van der Waals surface area (Å²) in [6.45, 7) is 0. The number of hydrogen-bond donors (Lipinski definition) is 1. The third kappa shape index (κ3) is 3.48. The molecule has 1 N–H and O–H groups in total. The molecule has 0 bridgehead atoms. The molecule has 22 heavy (non-hydrogen) atoms. The third-order valence-corrected chi connectivity index (χ3v) is 2.81. The van der Waals surface area contributed by atoms with E-state index in [9.17, 15) is 22.8 Å². The second kappa shape index (κ2) is 5.96. The van der Waals surface area contributed by atoms with E-state index in [1.807, 2.05) is 5.32 Å². The lowest BCUT2D eigenvalue weighted by atomic mass is 10.1. The molecule has 0 spiro atoms. The Morgan fingerprint density at radius 3 is 2.59 bits per heavy atom. The average molecular weight is 312 g/mol. The van der Waals surface area contributed by atoms with E-state index < -0.39 is 23.7 Å². The van der Waals surface area contributed by atoms with Crippen LogP contribution in [0.4, 0.5) is 13.2 Å². The summed E-state index contributed by atoms with van der Waals surface area (Å²) in [5.74, 6) is -1.04. The van der Waals surface area contributed by atoms with Crippen molar-refractivity contribution in [2.24, 2.45) is 7.05 Å². The molecule has 2 rings (SSSR count). The first-order valence-corrected chi connectivity index (χ1v) is 6.11. The average Bonchev–Trinajstić information content (AvgIpc) is 2.47. The lowest BCUT2D eigenvalue weighted by Gasteiger charge is -2.21. The number of rotatable bonds is 3. The number of halogens is 3. The van der Waals surface area contributed by atoms with Crippen LogP contribution < -0.4 is 10.9 Å². The molecule has 0 saturated heterocycles. The molecule has 0 aromatic carbocycles. The molecule has 9 heteroatoms. The summed E-state index contributed by atoms with van der Waals surface area (Å²) in [4.78, 5) is 26.7. The predicted molar refractivity (Wildman–Crippen MR) is 70.0 cm³/mol. The van der Waals surface area contributed by atoms with Crippen molar-refractivity contribution in [2.45, 2.75) is 12.2 Å². The van der Waals surface area contributed by atoms with E-state index in [0.29, 0.717) is 0 Å². The summed E-state index contributed by atoms with van der Waals surface area (Å²) < 4.78 is 40.2. The van der Waals surface area contributed by atoms with Crippen LogP contribution in [0.2, 0.25) is 0 Å². The highest BCUT2D eigenvalue weighted by Gasteiger charge is 2.42. The Bertz CT molecular complexity index is 728. The number of carbonyl (C=O) groups excluding carboxylic acids is 1. The van der Waals surface area contributed by atoms with Crippen LogP contribution in [0.15, 0.2) is 41.5 Å². The lowest BCUT2D eigenvalue weighted by Crippen LogP contribution is -2.39. The van der Waals surface area contributed by atoms with Crippen molar-refractivity contribution >= 4 is 5.91 Å². The highest BCUT2D eigenvalue weighted by atomic mass is 19.4. The van der Waals surface area contributed by atoms with Gasteiger partial charge in [0.25, 0.3) is 11.5 Å². The van der Waals surface area contributed by atoms with Crippen molar-refractivity contribution in [3.63, 3.8) is 0 Å². The molecule has 2 heterocycles. The van der Waals surface area contributed by atoms with Crippen LogP contribution >= 0.6 is 0 Å². The Kier molecular flexibility index (Phi) is 4.25. The molecule has 6 nitrogen and oxygen atoms in total. The molecule has 1 amide bonds. The summed E-state index contributed by atoms with van der Waals surface area (Å²) >= 11 is 0. The minimum absolute atomic E-state index is 0.201. The second-order valence-corrected chi connectivity index (χ2v) is 4.41. The molecule has 0 aliphatic heterocycles. The molecule has 0 unspecified atom stereocenters. The van der Waals surface area contributed by atoms with Gasteiger partial charge in [-0.15, -0.1) is 0 Å².